The number of hydrogen-bond donors (Lipinski definition) is 1. The quantitative estimate of drug-likeness (QED) is 0.845. The van der Waals surface area contributed by atoms with E-state index in [9.17, 15) is 0 Å². The van der Waals surface area contributed by atoms with E-state index in [2.05, 4.69) is 43.0 Å². The largest absolute Gasteiger partial charge is 0.308 e. The molecule has 0 aliphatic carbocycles. The lowest BCUT2D eigenvalue weighted by Gasteiger charge is -2.23. The lowest BCUT2D eigenvalue weighted by Crippen LogP contribution is -2.26. The second-order valence-electron chi connectivity index (χ2n) is 5.06. The fourth-order valence-corrected chi connectivity index (χ4v) is 2.35. The third-order valence-corrected chi connectivity index (χ3v) is 3.63. The molecule has 1 heterocycles. The molecule has 17 heavy (non-hydrogen) atoms. The summed E-state index contributed by atoms with van der Waals surface area (Å²) in [7, 11) is 0. The van der Waals surface area contributed by atoms with Gasteiger partial charge in [0, 0.05) is 29.1 Å². The van der Waals surface area contributed by atoms with Crippen LogP contribution in [0.3, 0.4) is 0 Å². The van der Waals surface area contributed by atoms with Crippen molar-refractivity contribution in [1.82, 2.24) is 15.3 Å². The van der Waals surface area contributed by atoms with Gasteiger partial charge in [0.05, 0.1) is 11.7 Å². The summed E-state index contributed by atoms with van der Waals surface area (Å²) in [5.74, 6) is 1.03. The minimum Gasteiger partial charge on any atom is -0.308 e. The van der Waals surface area contributed by atoms with Gasteiger partial charge in [0.15, 0.2) is 0 Å². The van der Waals surface area contributed by atoms with Gasteiger partial charge in [-0.1, -0.05) is 27.7 Å². The number of nitrogens with zero attached hydrogens (tertiary/aromatic N) is 2. The van der Waals surface area contributed by atoms with Crippen molar-refractivity contribution < 1.29 is 0 Å². The highest BCUT2D eigenvalue weighted by atomic mass is 32.2. The van der Waals surface area contributed by atoms with Gasteiger partial charge in [-0.05, 0) is 13.0 Å². The van der Waals surface area contributed by atoms with Crippen molar-refractivity contribution in [3.8, 4) is 0 Å². The third-order valence-electron chi connectivity index (χ3n) is 2.26. The molecule has 1 unspecified atom stereocenters. The second-order valence-corrected chi connectivity index (χ2v) is 6.91. The summed E-state index contributed by atoms with van der Waals surface area (Å²) >= 11 is 1.96. The summed E-state index contributed by atoms with van der Waals surface area (Å²) < 4.78 is 0.286. The van der Waals surface area contributed by atoms with Crippen LogP contribution in [-0.2, 0) is 0 Å². The number of thioether (sulfide) groups is 1. The zero-order chi connectivity index (χ0) is 12.7. The van der Waals surface area contributed by atoms with E-state index in [1.54, 1.807) is 12.4 Å². The number of hydrogen-bond acceptors (Lipinski definition) is 4. The fraction of sp³-hybridized carbons (Fsp3) is 0.692. The van der Waals surface area contributed by atoms with E-state index in [1.165, 1.54) is 0 Å². The molecule has 0 fully saturated rings. The third kappa shape index (κ3) is 6.03. The predicted octanol–water partition coefficient (Wildman–Crippen LogP) is 3.05. The molecule has 4 heteroatoms. The van der Waals surface area contributed by atoms with Crippen LogP contribution in [0.2, 0.25) is 0 Å². The number of nitrogens with one attached hydrogen (secondary N) is 1. The molecular weight excluding hydrogens is 230 g/mol. The van der Waals surface area contributed by atoms with E-state index in [0.29, 0.717) is 6.04 Å². The molecule has 0 spiro atoms. The zero-order valence-corrected chi connectivity index (χ0v) is 12.0. The molecule has 0 saturated carbocycles. The molecule has 0 amide bonds. The Morgan fingerprint density at radius 2 is 2.12 bits per heavy atom. The van der Waals surface area contributed by atoms with Gasteiger partial charge in [-0.25, -0.2) is 0 Å². The molecule has 1 atom stereocenters. The van der Waals surface area contributed by atoms with Crippen LogP contribution in [0.4, 0.5) is 0 Å². The van der Waals surface area contributed by atoms with Crippen molar-refractivity contribution in [2.24, 2.45) is 0 Å². The first kappa shape index (κ1) is 14.5. The van der Waals surface area contributed by atoms with Crippen LogP contribution < -0.4 is 5.32 Å². The first-order valence-electron chi connectivity index (χ1n) is 6.16. The molecule has 1 rings (SSSR count). The predicted molar refractivity (Wildman–Crippen MR) is 75.3 cm³/mol. The van der Waals surface area contributed by atoms with Gasteiger partial charge < -0.3 is 5.32 Å². The fourth-order valence-electron chi connectivity index (χ4n) is 1.39. The highest BCUT2D eigenvalue weighted by Crippen LogP contribution is 2.27. The highest BCUT2D eigenvalue weighted by molar-refractivity contribution is 8.00. The summed E-state index contributed by atoms with van der Waals surface area (Å²) in [6, 6.07) is 0.299. The first-order valence-corrected chi connectivity index (χ1v) is 7.14. The Hall–Kier alpha value is -0.610. The molecule has 0 aliphatic heterocycles. The van der Waals surface area contributed by atoms with Gasteiger partial charge in [-0.15, -0.1) is 0 Å². The van der Waals surface area contributed by atoms with Crippen LogP contribution >= 0.6 is 11.8 Å². The van der Waals surface area contributed by atoms with Crippen LogP contribution in [0.5, 0.6) is 0 Å². The van der Waals surface area contributed by atoms with Crippen LogP contribution in [0.15, 0.2) is 18.6 Å². The van der Waals surface area contributed by atoms with E-state index >= 15 is 0 Å². The number of rotatable bonds is 6. The Morgan fingerprint density at radius 3 is 2.65 bits per heavy atom. The van der Waals surface area contributed by atoms with Crippen molar-refractivity contribution in [2.45, 2.75) is 44.9 Å². The van der Waals surface area contributed by atoms with E-state index in [-0.39, 0.29) is 4.75 Å². The molecule has 0 bridgehead atoms. The smallest absolute Gasteiger partial charge is 0.0764 e. The van der Waals surface area contributed by atoms with Crippen LogP contribution in [0.1, 0.15) is 45.9 Å². The van der Waals surface area contributed by atoms with E-state index in [4.69, 9.17) is 0 Å². The Balaban J connectivity index is 2.61. The van der Waals surface area contributed by atoms with Crippen molar-refractivity contribution >= 4 is 11.8 Å². The highest BCUT2D eigenvalue weighted by Gasteiger charge is 2.17. The van der Waals surface area contributed by atoms with Gasteiger partial charge in [-0.2, -0.15) is 11.8 Å². The monoisotopic (exact) mass is 253 g/mol. The Labute approximate surface area is 109 Å². The first-order chi connectivity index (χ1) is 8.03. The van der Waals surface area contributed by atoms with Crippen molar-refractivity contribution in [3.63, 3.8) is 0 Å². The molecule has 3 nitrogen and oxygen atoms in total. The molecule has 1 N–H and O–H groups in total. The van der Waals surface area contributed by atoms with E-state index in [0.717, 1.165) is 24.4 Å². The topological polar surface area (TPSA) is 37.8 Å². The van der Waals surface area contributed by atoms with Crippen LogP contribution in [-0.4, -0.2) is 27.0 Å². The molecule has 0 radical (unpaired) electrons. The van der Waals surface area contributed by atoms with Crippen molar-refractivity contribution in [3.05, 3.63) is 24.3 Å². The van der Waals surface area contributed by atoms with Gasteiger partial charge in [0.2, 0.25) is 0 Å². The second kappa shape index (κ2) is 6.97. The number of aromatic nitrogens is 2. The summed E-state index contributed by atoms with van der Waals surface area (Å²) in [5.41, 5.74) is 1.04. The molecule has 0 aliphatic rings. The standard InChI is InChI=1S/C13H23N3S/c1-5-6-15-12(10-17-13(2,3)4)11-9-14-7-8-16-11/h7-9,12,15H,5-6,10H2,1-4H3. The van der Waals surface area contributed by atoms with Crippen LogP contribution in [0, 0.1) is 0 Å². The average molecular weight is 253 g/mol. The molecule has 0 aromatic carbocycles. The average Bonchev–Trinajstić information content (AvgIpc) is 2.29. The van der Waals surface area contributed by atoms with E-state index in [1.807, 2.05) is 18.0 Å². The lowest BCUT2D eigenvalue weighted by molar-refractivity contribution is 0.561. The van der Waals surface area contributed by atoms with Crippen LogP contribution in [0.25, 0.3) is 0 Å². The Kier molecular flexibility index (Phi) is 5.92. The minimum atomic E-state index is 0.286. The molecule has 1 aromatic heterocycles. The summed E-state index contributed by atoms with van der Waals surface area (Å²) in [5, 5.41) is 3.53. The Morgan fingerprint density at radius 1 is 1.35 bits per heavy atom. The van der Waals surface area contributed by atoms with Crippen molar-refractivity contribution in [1.29, 1.82) is 0 Å². The normalized spacial score (nSPS) is 13.6. The zero-order valence-electron chi connectivity index (χ0n) is 11.2. The maximum atomic E-state index is 4.39. The summed E-state index contributed by atoms with van der Waals surface area (Å²) in [6.07, 6.45) is 6.47. The molecule has 1 aromatic rings. The lowest BCUT2D eigenvalue weighted by atomic mass is 10.2. The van der Waals surface area contributed by atoms with Gasteiger partial charge >= 0.3 is 0 Å². The summed E-state index contributed by atoms with van der Waals surface area (Å²) in [6.45, 7) is 9.92. The maximum Gasteiger partial charge on any atom is 0.0764 e. The van der Waals surface area contributed by atoms with Gasteiger partial charge in [0.25, 0.3) is 0 Å². The minimum absolute atomic E-state index is 0.286. The SMILES string of the molecule is CCCNC(CSC(C)(C)C)c1cnccn1. The van der Waals surface area contributed by atoms with Crippen molar-refractivity contribution in [2.75, 3.05) is 12.3 Å². The molecule has 96 valence electrons. The van der Waals surface area contributed by atoms with E-state index < -0.39 is 0 Å². The maximum absolute atomic E-state index is 4.39. The molecule has 0 saturated heterocycles. The molecular formula is C13H23N3S. The van der Waals surface area contributed by atoms with Gasteiger partial charge in [-0.3, -0.25) is 9.97 Å². The Bertz CT molecular complexity index is 308. The summed E-state index contributed by atoms with van der Waals surface area (Å²) in [4.78, 5) is 8.54. The van der Waals surface area contributed by atoms with Gasteiger partial charge in [0.1, 0.15) is 0 Å².